The van der Waals surface area contributed by atoms with Crippen LogP contribution < -0.4 is 15.4 Å². The zero-order valence-electron chi connectivity index (χ0n) is 15.7. The van der Waals surface area contributed by atoms with Gasteiger partial charge in [-0.05, 0) is 45.0 Å². The lowest BCUT2D eigenvalue weighted by molar-refractivity contribution is 0.273. The summed E-state index contributed by atoms with van der Waals surface area (Å²) in [5, 5.41) is 6.38. The van der Waals surface area contributed by atoms with Crippen molar-refractivity contribution in [2.75, 3.05) is 39.3 Å². The number of hydrogen-bond donors (Lipinski definition) is 3. The van der Waals surface area contributed by atoms with Gasteiger partial charge < -0.3 is 10.6 Å². The summed E-state index contributed by atoms with van der Waals surface area (Å²) in [7, 11) is -3.51. The molecule has 0 amide bonds. The number of guanidine groups is 1. The van der Waals surface area contributed by atoms with Crippen LogP contribution in [0.4, 0.5) is 0 Å². The lowest BCUT2D eigenvalue weighted by Crippen LogP contribution is -2.42. The quantitative estimate of drug-likeness (QED) is 0.191. The summed E-state index contributed by atoms with van der Waals surface area (Å²) in [6, 6.07) is 3.59. The van der Waals surface area contributed by atoms with E-state index in [-0.39, 0.29) is 34.7 Å². The van der Waals surface area contributed by atoms with Crippen LogP contribution in [0.3, 0.4) is 0 Å². The number of hydrogen-bond acceptors (Lipinski definition) is 5. The van der Waals surface area contributed by atoms with E-state index >= 15 is 0 Å². The molecule has 0 spiro atoms. The van der Waals surface area contributed by atoms with Gasteiger partial charge in [0.1, 0.15) is 4.21 Å². The lowest BCUT2D eigenvalue weighted by Gasteiger charge is -2.21. The fourth-order valence-electron chi connectivity index (χ4n) is 2.94. The van der Waals surface area contributed by atoms with Crippen LogP contribution in [-0.2, 0) is 10.0 Å². The Morgan fingerprint density at radius 1 is 1.33 bits per heavy atom. The minimum atomic E-state index is -3.51. The molecule has 0 aromatic carbocycles. The summed E-state index contributed by atoms with van der Waals surface area (Å²) < 4.78 is 27.5. The van der Waals surface area contributed by atoms with Gasteiger partial charge >= 0.3 is 0 Å². The van der Waals surface area contributed by atoms with E-state index in [0.717, 1.165) is 37.5 Å². The molecular weight excluding hydrogens is 521 g/mol. The first-order chi connectivity index (χ1) is 12.5. The normalized spacial score (nSPS) is 18.3. The SMILES string of the molecule is CCNC(=NCC1CCCN1CC)NCCNS(=O)(=O)c1ccc(Cl)s1.I. The maximum absolute atomic E-state index is 12.1. The smallest absolute Gasteiger partial charge is 0.250 e. The third kappa shape index (κ3) is 8.01. The number of halogens is 2. The van der Waals surface area contributed by atoms with Gasteiger partial charge in [-0.15, -0.1) is 35.3 Å². The number of nitrogens with one attached hydrogen (secondary N) is 3. The second kappa shape index (κ2) is 12.4. The zero-order chi connectivity index (χ0) is 19.0. The fraction of sp³-hybridized carbons (Fsp3) is 0.688. The summed E-state index contributed by atoms with van der Waals surface area (Å²) in [6.45, 7) is 8.62. The van der Waals surface area contributed by atoms with Crippen LogP contribution >= 0.6 is 46.9 Å². The van der Waals surface area contributed by atoms with E-state index in [1.54, 1.807) is 6.07 Å². The number of thiophene rings is 1. The third-order valence-corrected chi connectivity index (χ3v) is 7.42. The third-order valence-electron chi connectivity index (χ3n) is 4.23. The van der Waals surface area contributed by atoms with Crippen molar-refractivity contribution >= 4 is 62.9 Å². The second-order valence-electron chi connectivity index (χ2n) is 6.03. The van der Waals surface area contributed by atoms with E-state index in [9.17, 15) is 8.42 Å². The molecule has 156 valence electrons. The first kappa shape index (κ1) is 24.9. The summed E-state index contributed by atoms with van der Waals surface area (Å²) in [4.78, 5) is 7.10. The number of rotatable bonds is 9. The van der Waals surface area contributed by atoms with Crippen molar-refractivity contribution in [3.63, 3.8) is 0 Å². The van der Waals surface area contributed by atoms with Crippen molar-refractivity contribution in [3.8, 4) is 0 Å². The number of aliphatic imine (C=N–C) groups is 1. The van der Waals surface area contributed by atoms with E-state index in [4.69, 9.17) is 11.6 Å². The van der Waals surface area contributed by atoms with Crippen LogP contribution in [0.15, 0.2) is 21.3 Å². The number of likely N-dealkylation sites (tertiary alicyclic amines) is 1. The Labute approximate surface area is 188 Å². The first-order valence-corrected chi connectivity index (χ1v) is 11.6. The summed E-state index contributed by atoms with van der Waals surface area (Å²) in [5.41, 5.74) is 0. The minimum absolute atomic E-state index is 0. The van der Waals surface area contributed by atoms with Crippen LogP contribution in [0.2, 0.25) is 4.34 Å². The molecule has 1 unspecified atom stereocenters. The van der Waals surface area contributed by atoms with Crippen molar-refractivity contribution in [2.45, 2.75) is 36.9 Å². The van der Waals surface area contributed by atoms with E-state index < -0.39 is 10.0 Å². The highest BCUT2D eigenvalue weighted by Crippen LogP contribution is 2.25. The highest BCUT2D eigenvalue weighted by Gasteiger charge is 2.22. The highest BCUT2D eigenvalue weighted by atomic mass is 127. The van der Waals surface area contributed by atoms with E-state index in [1.807, 2.05) is 6.92 Å². The van der Waals surface area contributed by atoms with Gasteiger partial charge in [0, 0.05) is 25.7 Å². The van der Waals surface area contributed by atoms with E-state index in [1.165, 1.54) is 18.9 Å². The maximum atomic E-state index is 12.1. The zero-order valence-corrected chi connectivity index (χ0v) is 20.4. The topological polar surface area (TPSA) is 85.8 Å². The van der Waals surface area contributed by atoms with Gasteiger partial charge in [0.15, 0.2) is 5.96 Å². The Morgan fingerprint density at radius 3 is 2.74 bits per heavy atom. The van der Waals surface area contributed by atoms with Crippen molar-refractivity contribution < 1.29 is 8.42 Å². The maximum Gasteiger partial charge on any atom is 0.250 e. The van der Waals surface area contributed by atoms with Gasteiger partial charge in [0.2, 0.25) is 10.0 Å². The molecule has 1 saturated heterocycles. The van der Waals surface area contributed by atoms with Gasteiger partial charge in [0.05, 0.1) is 10.9 Å². The number of likely N-dealkylation sites (N-methyl/N-ethyl adjacent to an activating group) is 1. The molecule has 1 atom stereocenters. The molecule has 3 N–H and O–H groups in total. The van der Waals surface area contributed by atoms with Crippen LogP contribution in [0.1, 0.15) is 26.7 Å². The minimum Gasteiger partial charge on any atom is -0.357 e. The van der Waals surface area contributed by atoms with E-state index in [2.05, 4.69) is 32.2 Å². The predicted octanol–water partition coefficient (Wildman–Crippen LogP) is 2.34. The Balaban J connectivity index is 0.00000364. The van der Waals surface area contributed by atoms with Crippen LogP contribution in [0, 0.1) is 0 Å². The van der Waals surface area contributed by atoms with Gasteiger partial charge in [-0.25, -0.2) is 13.1 Å². The molecule has 27 heavy (non-hydrogen) atoms. The molecule has 1 fully saturated rings. The Kier molecular flexibility index (Phi) is 11.5. The molecule has 0 bridgehead atoms. The number of sulfonamides is 1. The fourth-order valence-corrected chi connectivity index (χ4v) is 5.50. The highest BCUT2D eigenvalue weighted by molar-refractivity contribution is 14.0. The summed E-state index contributed by atoms with van der Waals surface area (Å²) >= 11 is 6.85. The van der Waals surface area contributed by atoms with Gasteiger partial charge in [-0.2, -0.15) is 0 Å². The monoisotopic (exact) mass is 549 g/mol. The Bertz CT molecular complexity index is 699. The molecule has 0 radical (unpaired) electrons. The van der Waals surface area contributed by atoms with Gasteiger partial charge in [-0.1, -0.05) is 18.5 Å². The van der Waals surface area contributed by atoms with Crippen molar-refractivity contribution in [2.24, 2.45) is 4.99 Å². The second-order valence-corrected chi connectivity index (χ2v) is 9.74. The molecule has 0 saturated carbocycles. The van der Waals surface area contributed by atoms with Crippen LogP contribution in [-0.4, -0.2) is 64.6 Å². The first-order valence-electron chi connectivity index (χ1n) is 8.97. The van der Waals surface area contributed by atoms with Gasteiger partial charge in [-0.3, -0.25) is 9.89 Å². The summed E-state index contributed by atoms with van der Waals surface area (Å²) in [5.74, 6) is 0.716. The number of nitrogens with zero attached hydrogens (tertiary/aromatic N) is 2. The molecule has 11 heteroatoms. The summed E-state index contributed by atoms with van der Waals surface area (Å²) in [6.07, 6.45) is 2.41. The molecule has 1 aliphatic heterocycles. The average Bonchev–Trinajstić information content (AvgIpc) is 3.25. The average molecular weight is 550 g/mol. The van der Waals surface area contributed by atoms with Crippen LogP contribution in [0.25, 0.3) is 0 Å². The molecule has 2 heterocycles. The lowest BCUT2D eigenvalue weighted by atomic mass is 10.2. The molecule has 1 aromatic rings. The standard InChI is InChI=1S/C16H28ClN5O2S2.HI/c1-3-18-16(20-12-13-6-5-11-22(13)4-2)19-9-10-21-26(23,24)15-8-7-14(17)25-15;/h7-8,13,21H,3-6,9-12H2,1-2H3,(H2,18,19,20);1H. The molecule has 0 aliphatic carbocycles. The molecule has 1 aliphatic rings. The van der Waals surface area contributed by atoms with Crippen LogP contribution in [0.5, 0.6) is 0 Å². The molecule has 2 rings (SSSR count). The van der Waals surface area contributed by atoms with E-state index in [0.29, 0.717) is 22.9 Å². The molecule has 1 aromatic heterocycles. The predicted molar refractivity (Wildman–Crippen MR) is 124 cm³/mol. The van der Waals surface area contributed by atoms with Crippen molar-refractivity contribution in [1.82, 2.24) is 20.3 Å². The largest absolute Gasteiger partial charge is 0.357 e. The van der Waals surface area contributed by atoms with Gasteiger partial charge in [0.25, 0.3) is 0 Å². The molecular formula is C16H29ClIN5O2S2. The van der Waals surface area contributed by atoms with Crippen molar-refractivity contribution in [3.05, 3.63) is 16.5 Å². The Hall–Kier alpha value is -0.140. The Morgan fingerprint density at radius 2 is 2.11 bits per heavy atom. The molecule has 7 nitrogen and oxygen atoms in total. The van der Waals surface area contributed by atoms with Crippen molar-refractivity contribution in [1.29, 1.82) is 0 Å².